The fourth-order valence-electron chi connectivity index (χ4n) is 3.92. The summed E-state index contributed by atoms with van der Waals surface area (Å²) in [7, 11) is 1.20. The lowest BCUT2D eigenvalue weighted by molar-refractivity contribution is -0.275. The van der Waals surface area contributed by atoms with Gasteiger partial charge in [-0.05, 0) is 60.2 Å². The van der Waals surface area contributed by atoms with Crippen LogP contribution in [0.5, 0.6) is 0 Å². The molecule has 1 heterocycles. The first-order valence-electron chi connectivity index (χ1n) is 11.3. The van der Waals surface area contributed by atoms with E-state index in [-0.39, 0.29) is 38.0 Å². The summed E-state index contributed by atoms with van der Waals surface area (Å²) in [5.74, 6) is -1.53. The average Bonchev–Trinajstić information content (AvgIpc) is 3.35. The van der Waals surface area contributed by atoms with Gasteiger partial charge in [0, 0.05) is 40.2 Å². The molecule has 1 aliphatic heterocycles. The minimum Gasteiger partial charge on any atom is -0.374 e. The summed E-state index contributed by atoms with van der Waals surface area (Å²) in [6, 6.07) is 12.2. The zero-order valence-electron chi connectivity index (χ0n) is 20.2. The molecule has 40 heavy (non-hydrogen) atoms. The third-order valence-electron chi connectivity index (χ3n) is 6.03. The van der Waals surface area contributed by atoms with Gasteiger partial charge < -0.3 is 4.84 Å². The van der Waals surface area contributed by atoms with Crippen LogP contribution in [0.25, 0.3) is 0 Å². The van der Waals surface area contributed by atoms with E-state index in [1.54, 1.807) is 0 Å². The van der Waals surface area contributed by atoms with Crippen LogP contribution in [-0.4, -0.2) is 35.8 Å². The van der Waals surface area contributed by atoms with Crippen molar-refractivity contribution in [3.05, 3.63) is 105 Å². The molecule has 0 saturated carbocycles. The van der Waals surface area contributed by atoms with Gasteiger partial charge in [-0.2, -0.15) is 26.3 Å². The van der Waals surface area contributed by atoms with E-state index in [0.29, 0.717) is 0 Å². The number of halogens is 8. The number of alkyl halides is 6. The van der Waals surface area contributed by atoms with Gasteiger partial charge in [0.25, 0.3) is 17.4 Å². The fourth-order valence-corrected chi connectivity index (χ4v) is 4.45. The van der Waals surface area contributed by atoms with Gasteiger partial charge in [-0.1, -0.05) is 40.5 Å². The van der Waals surface area contributed by atoms with Crippen molar-refractivity contribution in [3.8, 4) is 0 Å². The first kappa shape index (κ1) is 29.2. The normalized spacial score (nSPS) is 17.2. The van der Waals surface area contributed by atoms with Gasteiger partial charge in [-0.15, -0.1) is 0 Å². The van der Waals surface area contributed by atoms with Gasteiger partial charge in [0.2, 0.25) is 0 Å². The number of benzene rings is 3. The Labute approximate surface area is 233 Å². The second-order valence-corrected chi connectivity index (χ2v) is 9.62. The Bertz CT molecular complexity index is 1450. The molecule has 210 valence electrons. The SMILES string of the molecule is CN(NC(=O)c1ccc(C2=NOC(c3cc(Cl)cc(Cl)c3)(C(F)(F)F)C2)cc1)C(=O)c1ccc(C(F)(F)F)cc1. The summed E-state index contributed by atoms with van der Waals surface area (Å²) < 4.78 is 80.8. The van der Waals surface area contributed by atoms with Crippen LogP contribution in [0.4, 0.5) is 26.3 Å². The molecule has 1 atom stereocenters. The highest BCUT2D eigenvalue weighted by molar-refractivity contribution is 6.34. The molecule has 2 amide bonds. The van der Waals surface area contributed by atoms with Crippen LogP contribution >= 0.6 is 23.2 Å². The molecule has 0 saturated heterocycles. The van der Waals surface area contributed by atoms with Crippen molar-refractivity contribution in [1.29, 1.82) is 0 Å². The van der Waals surface area contributed by atoms with Gasteiger partial charge >= 0.3 is 12.4 Å². The predicted molar refractivity (Wildman–Crippen MR) is 134 cm³/mol. The molecule has 0 radical (unpaired) electrons. The number of nitrogens with one attached hydrogen (secondary N) is 1. The highest BCUT2D eigenvalue weighted by Gasteiger charge is 2.62. The van der Waals surface area contributed by atoms with Crippen molar-refractivity contribution >= 4 is 40.7 Å². The number of carbonyl (C=O) groups is 2. The molecule has 0 bridgehead atoms. The lowest BCUT2D eigenvalue weighted by Gasteiger charge is -2.29. The molecule has 3 aromatic rings. The van der Waals surface area contributed by atoms with E-state index in [4.69, 9.17) is 28.0 Å². The van der Waals surface area contributed by atoms with Crippen molar-refractivity contribution in [2.75, 3.05) is 7.05 Å². The van der Waals surface area contributed by atoms with E-state index in [0.717, 1.165) is 41.4 Å². The van der Waals surface area contributed by atoms with Crippen molar-refractivity contribution in [1.82, 2.24) is 10.4 Å². The first-order chi connectivity index (χ1) is 18.6. The van der Waals surface area contributed by atoms with E-state index in [2.05, 4.69) is 10.6 Å². The molecule has 3 aromatic carbocycles. The third-order valence-corrected chi connectivity index (χ3v) is 6.46. The van der Waals surface area contributed by atoms with Gasteiger partial charge in [0.1, 0.15) is 0 Å². The van der Waals surface area contributed by atoms with Crippen LogP contribution in [0, 0.1) is 0 Å². The van der Waals surface area contributed by atoms with Crippen molar-refractivity contribution < 1.29 is 40.8 Å². The Morgan fingerprint density at radius 3 is 1.98 bits per heavy atom. The second kappa shape index (κ2) is 10.7. The highest BCUT2D eigenvalue weighted by atomic mass is 35.5. The van der Waals surface area contributed by atoms with Crippen LogP contribution in [-0.2, 0) is 16.6 Å². The molecule has 0 aromatic heterocycles. The number of hydrogen-bond acceptors (Lipinski definition) is 4. The minimum absolute atomic E-state index is 0.0136. The molecule has 0 aliphatic carbocycles. The molecular formula is C26H17Cl2F6N3O3. The highest BCUT2D eigenvalue weighted by Crippen LogP contribution is 2.49. The van der Waals surface area contributed by atoms with E-state index < -0.39 is 41.8 Å². The molecule has 0 fully saturated rings. The van der Waals surface area contributed by atoms with Crippen LogP contribution in [0.15, 0.2) is 71.9 Å². The lowest BCUT2D eigenvalue weighted by atomic mass is 9.86. The zero-order chi connectivity index (χ0) is 29.5. The Morgan fingerprint density at radius 1 is 0.900 bits per heavy atom. The summed E-state index contributed by atoms with van der Waals surface area (Å²) in [5, 5.41) is 4.42. The first-order valence-corrected chi connectivity index (χ1v) is 12.0. The topological polar surface area (TPSA) is 71.0 Å². The van der Waals surface area contributed by atoms with Crippen molar-refractivity contribution in [2.45, 2.75) is 24.4 Å². The van der Waals surface area contributed by atoms with E-state index in [9.17, 15) is 35.9 Å². The minimum atomic E-state index is -4.88. The second-order valence-electron chi connectivity index (χ2n) is 8.75. The molecule has 1 unspecified atom stereocenters. The monoisotopic (exact) mass is 603 g/mol. The molecule has 14 heteroatoms. The number of amides is 2. The molecule has 1 aliphatic rings. The van der Waals surface area contributed by atoms with Gasteiger partial charge in [-0.25, -0.2) is 0 Å². The quantitative estimate of drug-likeness (QED) is 0.257. The van der Waals surface area contributed by atoms with E-state index in [1.165, 1.54) is 37.4 Å². The van der Waals surface area contributed by atoms with Crippen LogP contribution < -0.4 is 5.43 Å². The molecule has 0 spiro atoms. The Hall–Kier alpha value is -3.77. The Kier molecular flexibility index (Phi) is 7.79. The van der Waals surface area contributed by atoms with E-state index >= 15 is 0 Å². The van der Waals surface area contributed by atoms with Crippen molar-refractivity contribution in [2.24, 2.45) is 5.16 Å². The maximum atomic E-state index is 14.2. The molecular weight excluding hydrogens is 587 g/mol. The summed E-state index contributed by atoms with van der Waals surface area (Å²) in [4.78, 5) is 30.1. The van der Waals surface area contributed by atoms with Gasteiger partial charge in [0.15, 0.2) is 0 Å². The number of nitrogens with zero attached hydrogens (tertiary/aromatic N) is 2. The summed E-state index contributed by atoms with van der Waals surface area (Å²) in [5.41, 5.74) is -1.66. The van der Waals surface area contributed by atoms with Crippen molar-refractivity contribution in [3.63, 3.8) is 0 Å². The smallest absolute Gasteiger partial charge is 0.374 e. The van der Waals surface area contributed by atoms with Crippen LogP contribution in [0.3, 0.4) is 0 Å². The number of carbonyl (C=O) groups excluding carboxylic acids is 2. The lowest BCUT2D eigenvalue weighted by Crippen LogP contribution is -2.43. The van der Waals surface area contributed by atoms with Gasteiger partial charge in [0.05, 0.1) is 11.3 Å². The average molecular weight is 604 g/mol. The fraction of sp³-hybridized carbons (Fsp3) is 0.192. The molecule has 6 nitrogen and oxygen atoms in total. The van der Waals surface area contributed by atoms with E-state index in [1.807, 2.05) is 0 Å². The third kappa shape index (κ3) is 5.87. The molecule has 4 rings (SSSR count). The number of oxime groups is 1. The standard InChI is InChI=1S/C26H17Cl2F6N3O3/c1-37(23(39)16-6-8-17(9-7-16)25(29,30)31)35-22(38)15-4-2-14(3-5-15)21-13-24(40-36-21,26(32,33)34)18-10-19(27)12-20(28)11-18/h2-12H,13H2,1H3,(H,35,38). The number of hydrogen-bond donors (Lipinski definition) is 1. The van der Waals surface area contributed by atoms with Crippen LogP contribution in [0.1, 0.15) is 43.8 Å². The summed E-state index contributed by atoms with van der Waals surface area (Å²) >= 11 is 11.8. The number of hydrazine groups is 1. The van der Waals surface area contributed by atoms with Crippen LogP contribution in [0.2, 0.25) is 10.0 Å². The Morgan fingerprint density at radius 2 is 1.45 bits per heavy atom. The largest absolute Gasteiger partial charge is 0.435 e. The number of rotatable bonds is 4. The molecule has 1 N–H and O–H groups in total. The van der Waals surface area contributed by atoms with Gasteiger partial charge in [-0.3, -0.25) is 20.0 Å². The maximum absolute atomic E-state index is 14.2. The zero-order valence-corrected chi connectivity index (χ0v) is 21.7. The predicted octanol–water partition coefficient (Wildman–Crippen LogP) is 7.01. The maximum Gasteiger partial charge on any atom is 0.435 e. The summed E-state index contributed by atoms with van der Waals surface area (Å²) in [6.45, 7) is 0. The Balaban J connectivity index is 1.46. The summed E-state index contributed by atoms with van der Waals surface area (Å²) in [6.07, 6.45) is -10.1.